The normalized spacial score (nSPS) is 11.3. The first-order chi connectivity index (χ1) is 5.54. The maximum Gasteiger partial charge on any atom is 0.0527 e. The largest absolute Gasteiger partial charge is 0.387 e. The zero-order chi connectivity index (χ0) is 9.19. The maximum absolute atomic E-state index is 4.16. The molecule has 0 aliphatic rings. The molecule has 0 saturated heterocycles. The highest BCUT2D eigenvalue weighted by Crippen LogP contribution is 2.22. The molecule has 0 radical (unpaired) electrons. The predicted octanol–water partition coefficient (Wildman–Crippen LogP) is 2.42. The number of nitrogens with zero attached hydrogens (tertiary/aromatic N) is 1. The Balaban J connectivity index is 3.02. The molecule has 0 aromatic carbocycles. The van der Waals surface area contributed by atoms with E-state index >= 15 is 0 Å². The van der Waals surface area contributed by atoms with E-state index in [0.29, 0.717) is 0 Å². The van der Waals surface area contributed by atoms with Gasteiger partial charge in [-0.15, -0.1) is 0 Å². The van der Waals surface area contributed by atoms with Crippen molar-refractivity contribution in [1.82, 2.24) is 4.98 Å². The van der Waals surface area contributed by atoms with Gasteiger partial charge in [-0.25, -0.2) is 0 Å². The molecule has 2 nitrogen and oxygen atoms in total. The average molecular weight is 164 g/mol. The summed E-state index contributed by atoms with van der Waals surface area (Å²) < 4.78 is 0. The molecule has 0 aliphatic heterocycles. The smallest absolute Gasteiger partial charge is 0.0527 e. The molecule has 66 valence electrons. The lowest BCUT2D eigenvalue weighted by molar-refractivity contribution is 0.588. The molecule has 0 fully saturated rings. The Labute approximate surface area is 74.0 Å². The van der Waals surface area contributed by atoms with Crippen molar-refractivity contribution in [2.24, 2.45) is 0 Å². The monoisotopic (exact) mass is 164 g/mol. The summed E-state index contributed by atoms with van der Waals surface area (Å²) in [5.74, 6) is 0. The van der Waals surface area contributed by atoms with Crippen molar-refractivity contribution in [3.05, 3.63) is 24.0 Å². The summed E-state index contributed by atoms with van der Waals surface area (Å²) in [5.41, 5.74) is 2.51. The van der Waals surface area contributed by atoms with E-state index in [9.17, 15) is 0 Å². The Kier molecular flexibility index (Phi) is 2.36. The van der Waals surface area contributed by atoms with Gasteiger partial charge in [-0.05, 0) is 17.0 Å². The van der Waals surface area contributed by atoms with Crippen LogP contribution < -0.4 is 5.32 Å². The van der Waals surface area contributed by atoms with Gasteiger partial charge in [0.2, 0.25) is 0 Å². The molecule has 2 heteroatoms. The zero-order valence-electron chi connectivity index (χ0n) is 8.18. The molecular weight excluding hydrogens is 148 g/mol. The van der Waals surface area contributed by atoms with Crippen LogP contribution in [0.1, 0.15) is 26.3 Å². The molecule has 0 aliphatic carbocycles. The minimum Gasteiger partial charge on any atom is -0.387 e. The van der Waals surface area contributed by atoms with E-state index in [1.165, 1.54) is 5.56 Å². The van der Waals surface area contributed by atoms with Crippen molar-refractivity contribution < 1.29 is 0 Å². The van der Waals surface area contributed by atoms with Gasteiger partial charge in [-0.3, -0.25) is 4.98 Å². The van der Waals surface area contributed by atoms with E-state index in [0.717, 1.165) is 5.69 Å². The minimum atomic E-state index is 0.180. The minimum absolute atomic E-state index is 0.180. The third-order valence-corrected chi connectivity index (χ3v) is 1.89. The first-order valence-electron chi connectivity index (χ1n) is 4.17. The highest BCUT2D eigenvalue weighted by molar-refractivity contribution is 5.43. The lowest BCUT2D eigenvalue weighted by Gasteiger charge is -2.18. The number of rotatable bonds is 1. The van der Waals surface area contributed by atoms with E-state index < -0.39 is 0 Å². The summed E-state index contributed by atoms with van der Waals surface area (Å²) in [6, 6.07) is 2.13. The summed E-state index contributed by atoms with van der Waals surface area (Å²) in [6.07, 6.45) is 3.75. The van der Waals surface area contributed by atoms with E-state index in [4.69, 9.17) is 0 Å². The van der Waals surface area contributed by atoms with Crippen LogP contribution in [0.15, 0.2) is 18.5 Å². The first kappa shape index (κ1) is 9.04. The first-order valence-corrected chi connectivity index (χ1v) is 4.17. The quantitative estimate of drug-likeness (QED) is 0.689. The standard InChI is InChI=1S/C10H16N2/c1-10(2,3)8-5-9(11-4)7-12-6-8/h5-7,11H,1-4H3. The fourth-order valence-electron chi connectivity index (χ4n) is 0.987. The number of nitrogens with one attached hydrogen (secondary N) is 1. The van der Waals surface area contributed by atoms with Crippen molar-refractivity contribution in [3.63, 3.8) is 0 Å². The van der Waals surface area contributed by atoms with Crippen LogP contribution in [0.2, 0.25) is 0 Å². The predicted molar refractivity (Wildman–Crippen MR) is 52.5 cm³/mol. The van der Waals surface area contributed by atoms with E-state index in [1.54, 1.807) is 0 Å². The van der Waals surface area contributed by atoms with Gasteiger partial charge in [-0.2, -0.15) is 0 Å². The van der Waals surface area contributed by atoms with Gasteiger partial charge < -0.3 is 5.32 Å². The number of hydrogen-bond donors (Lipinski definition) is 1. The van der Waals surface area contributed by atoms with Crippen LogP contribution in [-0.4, -0.2) is 12.0 Å². The van der Waals surface area contributed by atoms with Crippen LogP contribution >= 0.6 is 0 Å². The molecule has 0 saturated carbocycles. The third-order valence-electron chi connectivity index (χ3n) is 1.89. The fourth-order valence-corrected chi connectivity index (χ4v) is 0.987. The van der Waals surface area contributed by atoms with Gasteiger partial charge in [0, 0.05) is 19.4 Å². The van der Waals surface area contributed by atoms with Crippen molar-refractivity contribution in [2.75, 3.05) is 12.4 Å². The highest BCUT2D eigenvalue weighted by Gasteiger charge is 2.13. The second-order valence-electron chi connectivity index (χ2n) is 3.96. The van der Waals surface area contributed by atoms with Crippen LogP contribution in [0.4, 0.5) is 5.69 Å². The summed E-state index contributed by atoms with van der Waals surface area (Å²) in [6.45, 7) is 6.55. The second kappa shape index (κ2) is 3.13. The molecule has 12 heavy (non-hydrogen) atoms. The van der Waals surface area contributed by atoms with E-state index in [-0.39, 0.29) is 5.41 Å². The number of aromatic nitrogens is 1. The topological polar surface area (TPSA) is 24.9 Å². The second-order valence-corrected chi connectivity index (χ2v) is 3.96. The number of hydrogen-bond acceptors (Lipinski definition) is 2. The van der Waals surface area contributed by atoms with Gasteiger partial charge in [-0.1, -0.05) is 20.8 Å². The molecule has 0 atom stereocenters. The lowest BCUT2D eigenvalue weighted by Crippen LogP contribution is -2.11. The van der Waals surface area contributed by atoms with Gasteiger partial charge in [0.05, 0.1) is 5.69 Å². The van der Waals surface area contributed by atoms with Crippen molar-refractivity contribution in [1.29, 1.82) is 0 Å². The molecule has 1 N–H and O–H groups in total. The molecule has 1 aromatic heterocycles. The summed E-state index contributed by atoms with van der Waals surface area (Å²) in [4.78, 5) is 4.16. The Hall–Kier alpha value is -1.05. The Morgan fingerprint density at radius 2 is 1.92 bits per heavy atom. The van der Waals surface area contributed by atoms with Crippen molar-refractivity contribution >= 4 is 5.69 Å². The lowest BCUT2D eigenvalue weighted by atomic mass is 9.88. The summed E-state index contributed by atoms with van der Waals surface area (Å²) >= 11 is 0. The van der Waals surface area contributed by atoms with Gasteiger partial charge >= 0.3 is 0 Å². The zero-order valence-corrected chi connectivity index (χ0v) is 8.18. The molecule has 1 heterocycles. The van der Waals surface area contributed by atoms with Crippen LogP contribution in [0, 0.1) is 0 Å². The van der Waals surface area contributed by atoms with Crippen LogP contribution in [0.25, 0.3) is 0 Å². The van der Waals surface area contributed by atoms with Gasteiger partial charge in [0.25, 0.3) is 0 Å². The Bertz CT molecular complexity index is 261. The SMILES string of the molecule is CNc1cncc(C(C)(C)C)c1. The van der Waals surface area contributed by atoms with Crippen LogP contribution in [0.5, 0.6) is 0 Å². The molecule has 1 aromatic rings. The summed E-state index contributed by atoms with van der Waals surface area (Å²) in [7, 11) is 1.91. The average Bonchev–Trinajstić information content (AvgIpc) is 2.03. The molecule has 0 amide bonds. The highest BCUT2D eigenvalue weighted by atomic mass is 14.8. The van der Waals surface area contributed by atoms with Crippen LogP contribution in [-0.2, 0) is 5.41 Å². The third kappa shape index (κ3) is 1.97. The van der Waals surface area contributed by atoms with Crippen LogP contribution in [0.3, 0.4) is 0 Å². The van der Waals surface area contributed by atoms with E-state index in [1.807, 2.05) is 19.4 Å². The fraction of sp³-hybridized carbons (Fsp3) is 0.500. The van der Waals surface area contributed by atoms with Crippen molar-refractivity contribution in [3.8, 4) is 0 Å². The maximum atomic E-state index is 4.16. The number of anilines is 1. The Morgan fingerprint density at radius 1 is 1.25 bits per heavy atom. The van der Waals surface area contributed by atoms with E-state index in [2.05, 4.69) is 37.1 Å². The van der Waals surface area contributed by atoms with Crippen molar-refractivity contribution in [2.45, 2.75) is 26.2 Å². The van der Waals surface area contributed by atoms with Gasteiger partial charge in [0.1, 0.15) is 0 Å². The molecule has 0 bridgehead atoms. The Morgan fingerprint density at radius 3 is 2.42 bits per heavy atom. The molecule has 0 spiro atoms. The number of pyridine rings is 1. The molecule has 0 unspecified atom stereocenters. The summed E-state index contributed by atoms with van der Waals surface area (Å²) in [5, 5.41) is 3.08. The molecule has 1 rings (SSSR count). The molecular formula is C10H16N2. The van der Waals surface area contributed by atoms with Gasteiger partial charge in [0.15, 0.2) is 0 Å².